The van der Waals surface area contributed by atoms with Gasteiger partial charge in [-0.25, -0.2) is 13.1 Å². The lowest BCUT2D eigenvalue weighted by Crippen LogP contribution is -2.14. The third-order valence-corrected chi connectivity index (χ3v) is 4.62. The summed E-state index contributed by atoms with van der Waals surface area (Å²) in [4.78, 5) is 0.182. The summed E-state index contributed by atoms with van der Waals surface area (Å²) in [6, 6.07) is 14.8. The van der Waals surface area contributed by atoms with Crippen molar-refractivity contribution in [3.05, 3.63) is 72.0 Å². The Hall–Kier alpha value is -2.31. The molecule has 0 atom stereocenters. The quantitative estimate of drug-likeness (QED) is 0.796. The molecule has 0 fully saturated rings. The van der Waals surface area contributed by atoms with Crippen molar-refractivity contribution in [3.8, 4) is 5.69 Å². The normalized spacial score (nSPS) is 11.3. The van der Waals surface area contributed by atoms with Crippen molar-refractivity contribution in [2.24, 2.45) is 0 Å². The maximum absolute atomic E-state index is 12.5. The van der Waals surface area contributed by atoms with E-state index in [0.717, 1.165) is 0 Å². The number of hydrogen-bond donors (Lipinski definition) is 1. The van der Waals surface area contributed by atoms with Gasteiger partial charge in [-0.3, -0.25) is 4.72 Å². The molecule has 0 saturated heterocycles. The average Bonchev–Trinajstić information content (AvgIpc) is 3.02. The summed E-state index contributed by atoms with van der Waals surface area (Å²) < 4.78 is 29.0. The molecule has 5 nitrogen and oxygen atoms in total. The number of sulfonamides is 1. The number of rotatable bonds is 4. The van der Waals surface area contributed by atoms with Crippen LogP contribution in [0.4, 0.5) is 5.69 Å². The van der Waals surface area contributed by atoms with E-state index >= 15 is 0 Å². The fraction of sp³-hybridized carbons (Fsp3) is 0. The molecule has 0 saturated carbocycles. The smallest absolute Gasteiger partial charge is 0.261 e. The van der Waals surface area contributed by atoms with Gasteiger partial charge >= 0.3 is 0 Å². The van der Waals surface area contributed by atoms with Gasteiger partial charge in [0.1, 0.15) is 0 Å². The Labute approximate surface area is 133 Å². The van der Waals surface area contributed by atoms with Crippen LogP contribution in [0.2, 0.25) is 5.02 Å². The largest absolute Gasteiger partial charge is 0.277 e. The average molecular weight is 334 g/mol. The molecular weight excluding hydrogens is 322 g/mol. The minimum absolute atomic E-state index is 0.182. The molecule has 0 radical (unpaired) electrons. The van der Waals surface area contributed by atoms with Crippen molar-refractivity contribution < 1.29 is 8.42 Å². The van der Waals surface area contributed by atoms with E-state index < -0.39 is 10.0 Å². The summed E-state index contributed by atoms with van der Waals surface area (Å²) in [7, 11) is -3.69. The highest BCUT2D eigenvalue weighted by molar-refractivity contribution is 7.92. The maximum Gasteiger partial charge on any atom is 0.261 e. The van der Waals surface area contributed by atoms with Gasteiger partial charge in [0.2, 0.25) is 0 Å². The summed E-state index contributed by atoms with van der Waals surface area (Å²) in [5.74, 6) is 0. The summed E-state index contributed by atoms with van der Waals surface area (Å²) >= 11 is 5.99. The molecule has 0 spiro atoms. The van der Waals surface area contributed by atoms with E-state index in [9.17, 15) is 8.42 Å². The van der Waals surface area contributed by atoms with E-state index in [0.29, 0.717) is 16.4 Å². The van der Waals surface area contributed by atoms with E-state index in [-0.39, 0.29) is 4.90 Å². The van der Waals surface area contributed by atoms with E-state index in [1.54, 1.807) is 59.5 Å². The van der Waals surface area contributed by atoms with Gasteiger partial charge < -0.3 is 0 Å². The Morgan fingerprint density at radius 2 is 1.82 bits per heavy atom. The molecule has 1 N–H and O–H groups in total. The van der Waals surface area contributed by atoms with Crippen LogP contribution < -0.4 is 4.72 Å². The Kier molecular flexibility index (Phi) is 3.87. The first-order valence-corrected chi connectivity index (χ1v) is 8.30. The van der Waals surface area contributed by atoms with Crippen molar-refractivity contribution in [3.63, 3.8) is 0 Å². The molecule has 0 aliphatic carbocycles. The first-order chi connectivity index (χ1) is 10.6. The molecule has 0 aliphatic heterocycles. The lowest BCUT2D eigenvalue weighted by atomic mass is 10.3. The molecule has 0 bridgehead atoms. The van der Waals surface area contributed by atoms with Gasteiger partial charge in [0.05, 0.1) is 16.3 Å². The van der Waals surface area contributed by atoms with E-state index in [2.05, 4.69) is 9.82 Å². The van der Waals surface area contributed by atoms with Crippen LogP contribution in [0.3, 0.4) is 0 Å². The highest BCUT2D eigenvalue weighted by atomic mass is 35.5. The van der Waals surface area contributed by atoms with Crippen LogP contribution in [-0.2, 0) is 10.0 Å². The van der Waals surface area contributed by atoms with Crippen LogP contribution in [-0.4, -0.2) is 18.2 Å². The molecule has 1 aromatic heterocycles. The van der Waals surface area contributed by atoms with E-state index in [1.165, 1.54) is 12.1 Å². The number of anilines is 1. The van der Waals surface area contributed by atoms with Gasteiger partial charge in [-0.2, -0.15) is 5.10 Å². The minimum atomic E-state index is -3.69. The van der Waals surface area contributed by atoms with Crippen LogP contribution in [0, 0.1) is 0 Å². The van der Waals surface area contributed by atoms with Crippen molar-refractivity contribution in [1.29, 1.82) is 0 Å². The van der Waals surface area contributed by atoms with Crippen molar-refractivity contribution in [1.82, 2.24) is 9.78 Å². The summed E-state index contributed by atoms with van der Waals surface area (Å²) in [6.45, 7) is 0. The minimum Gasteiger partial charge on any atom is -0.277 e. The molecule has 3 aromatic rings. The zero-order valence-electron chi connectivity index (χ0n) is 11.3. The molecule has 0 amide bonds. The Morgan fingerprint density at radius 1 is 1.05 bits per heavy atom. The molecule has 7 heteroatoms. The molecule has 3 rings (SSSR count). The standard InChI is InChI=1S/C15H12ClN3O2S/c16-12-7-8-15(19-10-4-9-17-19)14(11-12)18-22(20,21)13-5-2-1-3-6-13/h1-11,18H. The predicted octanol–water partition coefficient (Wildman–Crippen LogP) is 3.33. The topological polar surface area (TPSA) is 64.0 Å². The number of nitrogens with one attached hydrogen (secondary N) is 1. The van der Waals surface area contributed by atoms with Crippen LogP contribution >= 0.6 is 11.6 Å². The van der Waals surface area contributed by atoms with Crippen LogP contribution in [0.5, 0.6) is 0 Å². The van der Waals surface area contributed by atoms with Gasteiger partial charge in [-0.05, 0) is 36.4 Å². The lowest BCUT2D eigenvalue weighted by molar-refractivity contribution is 0.601. The first-order valence-electron chi connectivity index (χ1n) is 6.44. The SMILES string of the molecule is O=S(=O)(Nc1cc(Cl)ccc1-n1cccn1)c1ccccc1. The zero-order chi connectivity index (χ0) is 15.6. The second-order valence-corrected chi connectivity index (χ2v) is 6.65. The molecule has 1 heterocycles. The first kappa shape index (κ1) is 14.6. The number of benzene rings is 2. The van der Waals surface area contributed by atoms with Crippen LogP contribution in [0.1, 0.15) is 0 Å². The fourth-order valence-corrected chi connectivity index (χ4v) is 3.26. The lowest BCUT2D eigenvalue weighted by Gasteiger charge is -2.13. The van der Waals surface area contributed by atoms with Gasteiger partial charge in [-0.15, -0.1) is 0 Å². The zero-order valence-corrected chi connectivity index (χ0v) is 12.9. The number of aromatic nitrogens is 2. The second-order valence-electron chi connectivity index (χ2n) is 4.53. The van der Waals surface area contributed by atoms with Crippen LogP contribution in [0.15, 0.2) is 71.9 Å². The van der Waals surface area contributed by atoms with Crippen LogP contribution in [0.25, 0.3) is 5.69 Å². The monoisotopic (exact) mass is 333 g/mol. The highest BCUT2D eigenvalue weighted by Gasteiger charge is 2.16. The summed E-state index contributed by atoms with van der Waals surface area (Å²) in [5.41, 5.74) is 0.953. The summed E-state index contributed by atoms with van der Waals surface area (Å²) in [5, 5.41) is 4.55. The van der Waals surface area contributed by atoms with E-state index in [4.69, 9.17) is 11.6 Å². The van der Waals surface area contributed by atoms with Crippen molar-refractivity contribution in [2.75, 3.05) is 4.72 Å². The predicted molar refractivity (Wildman–Crippen MR) is 85.8 cm³/mol. The maximum atomic E-state index is 12.5. The Morgan fingerprint density at radius 3 is 2.50 bits per heavy atom. The molecule has 0 aliphatic rings. The molecule has 0 unspecified atom stereocenters. The van der Waals surface area contributed by atoms with Gasteiger partial charge in [-0.1, -0.05) is 29.8 Å². The van der Waals surface area contributed by atoms with Crippen molar-refractivity contribution >= 4 is 27.3 Å². The molecule has 2 aromatic carbocycles. The highest BCUT2D eigenvalue weighted by Crippen LogP contribution is 2.26. The second kappa shape index (κ2) is 5.82. The molecular formula is C15H12ClN3O2S. The third kappa shape index (κ3) is 2.98. The van der Waals surface area contributed by atoms with Gasteiger partial charge in [0.15, 0.2) is 0 Å². The van der Waals surface area contributed by atoms with Crippen molar-refractivity contribution in [2.45, 2.75) is 4.90 Å². The third-order valence-electron chi connectivity index (χ3n) is 3.01. The molecule has 22 heavy (non-hydrogen) atoms. The Balaban J connectivity index is 2.04. The number of hydrogen-bond acceptors (Lipinski definition) is 3. The fourth-order valence-electron chi connectivity index (χ4n) is 2.00. The Bertz CT molecular complexity index is 878. The van der Waals surface area contributed by atoms with Gasteiger partial charge in [0, 0.05) is 17.4 Å². The number of halogens is 1. The number of nitrogens with zero attached hydrogens (tertiary/aromatic N) is 2. The van der Waals surface area contributed by atoms with Gasteiger partial charge in [0.25, 0.3) is 10.0 Å². The molecule has 112 valence electrons. The summed E-state index contributed by atoms with van der Waals surface area (Å²) in [6.07, 6.45) is 3.34. The van der Waals surface area contributed by atoms with E-state index in [1.807, 2.05) is 0 Å².